The van der Waals surface area contributed by atoms with E-state index >= 15 is 0 Å². The highest BCUT2D eigenvalue weighted by molar-refractivity contribution is 5.92. The number of hydrogen-bond donors (Lipinski definition) is 2. The lowest BCUT2D eigenvalue weighted by Crippen LogP contribution is -2.55. The lowest BCUT2D eigenvalue weighted by Gasteiger charge is -2.35. The largest absolute Gasteiger partial charge is 0.466 e. The summed E-state index contributed by atoms with van der Waals surface area (Å²) in [7, 11) is 0. The Hall–Kier alpha value is -3.10. The molecule has 2 N–H and O–H groups in total. The lowest BCUT2D eigenvalue weighted by molar-refractivity contribution is -0.144. The number of alkyl carbamates (subject to hydrolysis) is 1. The van der Waals surface area contributed by atoms with Gasteiger partial charge in [0.15, 0.2) is 0 Å². The topological polar surface area (TPSA) is 114 Å². The van der Waals surface area contributed by atoms with Crippen LogP contribution in [-0.2, 0) is 23.9 Å². The molecule has 2 unspecified atom stereocenters. The molecule has 0 bridgehead atoms. The van der Waals surface area contributed by atoms with Gasteiger partial charge in [-0.1, -0.05) is 38.1 Å². The highest BCUT2D eigenvalue weighted by Crippen LogP contribution is 2.26. The molecule has 0 fully saturated rings. The molecule has 2 atom stereocenters. The second-order valence-corrected chi connectivity index (χ2v) is 9.60. The average molecular weight is 492 g/mol. The van der Waals surface area contributed by atoms with Crippen LogP contribution in [0, 0.1) is 12.8 Å². The predicted molar refractivity (Wildman–Crippen MR) is 134 cm³/mol. The number of amides is 3. The van der Waals surface area contributed by atoms with E-state index in [4.69, 9.17) is 9.47 Å². The Morgan fingerprint density at radius 1 is 1.06 bits per heavy atom. The summed E-state index contributed by atoms with van der Waals surface area (Å²) >= 11 is 0. The molecule has 0 aliphatic rings. The van der Waals surface area contributed by atoms with Crippen LogP contribution in [0.3, 0.4) is 0 Å². The average Bonchev–Trinajstić information content (AvgIpc) is 2.74. The normalized spacial score (nSPS) is 12.9. The van der Waals surface area contributed by atoms with Crippen LogP contribution in [0.25, 0.3) is 0 Å². The maximum atomic E-state index is 13.7. The van der Waals surface area contributed by atoms with Gasteiger partial charge >= 0.3 is 12.1 Å². The number of ether oxygens (including phenoxy) is 2. The first kappa shape index (κ1) is 29.9. The molecular formula is C26H41N3O6. The smallest absolute Gasteiger partial charge is 0.408 e. The molecule has 0 aromatic heterocycles. The van der Waals surface area contributed by atoms with Gasteiger partial charge in [0.25, 0.3) is 0 Å². The van der Waals surface area contributed by atoms with Crippen molar-refractivity contribution in [2.45, 2.75) is 79.5 Å². The first-order valence-electron chi connectivity index (χ1n) is 12.1. The number of nitrogens with zero attached hydrogens (tertiary/aromatic N) is 1. The van der Waals surface area contributed by atoms with Crippen molar-refractivity contribution in [1.82, 2.24) is 15.5 Å². The van der Waals surface area contributed by atoms with Crippen molar-refractivity contribution in [3.05, 3.63) is 35.4 Å². The highest BCUT2D eigenvalue weighted by atomic mass is 16.6. The van der Waals surface area contributed by atoms with Crippen LogP contribution in [0.2, 0.25) is 0 Å². The first-order chi connectivity index (χ1) is 16.3. The van der Waals surface area contributed by atoms with Crippen LogP contribution < -0.4 is 10.6 Å². The molecule has 1 aromatic carbocycles. The van der Waals surface area contributed by atoms with Crippen LogP contribution in [0.1, 0.15) is 72.1 Å². The molecule has 0 saturated heterocycles. The van der Waals surface area contributed by atoms with Gasteiger partial charge < -0.3 is 25.0 Å². The maximum absolute atomic E-state index is 13.7. The molecule has 0 aliphatic heterocycles. The standard InChI is InChI=1S/C26H41N3O6/c1-9-29(24(32)21(17(3)4)28-25(33)35-26(6,7)8)22(19-14-12-11-13-18(19)5)23(31)27-16-15-20(30)34-10-2/h11-14,17,21-22H,9-10,15-16H2,1-8H3,(H,27,31)(H,28,33). The minimum Gasteiger partial charge on any atom is -0.466 e. The minimum atomic E-state index is -0.947. The van der Waals surface area contributed by atoms with Crippen molar-refractivity contribution in [3.8, 4) is 0 Å². The fourth-order valence-electron chi connectivity index (χ4n) is 3.55. The van der Waals surface area contributed by atoms with E-state index < -0.39 is 41.6 Å². The van der Waals surface area contributed by atoms with Gasteiger partial charge in [0.05, 0.1) is 13.0 Å². The summed E-state index contributed by atoms with van der Waals surface area (Å²) in [5, 5.41) is 5.44. The molecule has 9 nitrogen and oxygen atoms in total. The van der Waals surface area contributed by atoms with Crippen molar-refractivity contribution in [2.75, 3.05) is 19.7 Å². The molecule has 0 saturated carbocycles. The van der Waals surface area contributed by atoms with Crippen LogP contribution >= 0.6 is 0 Å². The minimum absolute atomic E-state index is 0.0228. The Bertz CT molecular complexity index is 878. The molecule has 0 heterocycles. The number of rotatable bonds is 11. The summed E-state index contributed by atoms with van der Waals surface area (Å²) in [5.74, 6) is -1.49. The molecule has 1 aromatic rings. The number of hydrogen-bond acceptors (Lipinski definition) is 6. The van der Waals surface area contributed by atoms with Crippen molar-refractivity contribution in [1.29, 1.82) is 0 Å². The third-order valence-corrected chi connectivity index (χ3v) is 5.21. The predicted octanol–water partition coefficient (Wildman–Crippen LogP) is 3.50. The molecule has 3 amide bonds. The third kappa shape index (κ3) is 9.58. The number of esters is 1. The highest BCUT2D eigenvalue weighted by Gasteiger charge is 2.37. The van der Waals surface area contributed by atoms with Crippen molar-refractivity contribution < 1.29 is 28.7 Å². The van der Waals surface area contributed by atoms with E-state index in [0.717, 1.165) is 5.56 Å². The molecule has 0 spiro atoms. The van der Waals surface area contributed by atoms with Gasteiger partial charge in [-0.05, 0) is 58.6 Å². The number of carbonyl (C=O) groups is 4. The second kappa shape index (κ2) is 13.7. The fourth-order valence-corrected chi connectivity index (χ4v) is 3.55. The SMILES string of the molecule is CCOC(=O)CCNC(=O)C(c1ccccc1C)N(CC)C(=O)C(NC(=O)OC(C)(C)C)C(C)C. The Morgan fingerprint density at radius 3 is 2.20 bits per heavy atom. The summed E-state index contributed by atoms with van der Waals surface area (Å²) in [5.41, 5.74) is 0.781. The zero-order chi connectivity index (χ0) is 26.8. The molecule has 196 valence electrons. The Kier molecular flexibility index (Phi) is 11.7. The van der Waals surface area contributed by atoms with Gasteiger partial charge in [-0.3, -0.25) is 14.4 Å². The van der Waals surface area contributed by atoms with Gasteiger partial charge in [-0.2, -0.15) is 0 Å². The van der Waals surface area contributed by atoms with Gasteiger partial charge in [0, 0.05) is 13.1 Å². The summed E-state index contributed by atoms with van der Waals surface area (Å²) in [4.78, 5) is 52.7. The maximum Gasteiger partial charge on any atom is 0.408 e. The molecule has 35 heavy (non-hydrogen) atoms. The van der Waals surface area contributed by atoms with Crippen molar-refractivity contribution in [3.63, 3.8) is 0 Å². The van der Waals surface area contributed by atoms with E-state index in [1.807, 2.05) is 32.9 Å². The molecule has 9 heteroatoms. The van der Waals surface area contributed by atoms with E-state index in [1.165, 1.54) is 4.90 Å². The fraction of sp³-hybridized carbons (Fsp3) is 0.615. The Morgan fingerprint density at radius 2 is 1.69 bits per heavy atom. The summed E-state index contributed by atoms with van der Waals surface area (Å²) in [6, 6.07) is 5.48. The van der Waals surface area contributed by atoms with E-state index in [0.29, 0.717) is 5.56 Å². The van der Waals surface area contributed by atoms with Crippen LogP contribution in [0.4, 0.5) is 4.79 Å². The van der Waals surface area contributed by atoms with Gasteiger partial charge in [0.1, 0.15) is 17.7 Å². The lowest BCUT2D eigenvalue weighted by atomic mass is 9.96. The summed E-state index contributed by atoms with van der Waals surface area (Å²) < 4.78 is 10.3. The first-order valence-corrected chi connectivity index (χ1v) is 12.1. The Balaban J connectivity index is 3.25. The summed E-state index contributed by atoms with van der Waals surface area (Å²) in [6.45, 7) is 14.8. The molecule has 0 radical (unpaired) electrons. The number of carbonyl (C=O) groups excluding carboxylic acids is 4. The molecule has 0 aliphatic carbocycles. The van der Waals surface area contributed by atoms with Crippen LogP contribution in [0.15, 0.2) is 24.3 Å². The van der Waals surface area contributed by atoms with Crippen molar-refractivity contribution in [2.24, 2.45) is 5.92 Å². The Labute approximate surface area is 208 Å². The van der Waals surface area contributed by atoms with E-state index in [2.05, 4.69) is 10.6 Å². The zero-order valence-corrected chi connectivity index (χ0v) is 22.3. The van der Waals surface area contributed by atoms with Gasteiger partial charge in [-0.15, -0.1) is 0 Å². The van der Waals surface area contributed by atoms with Gasteiger partial charge in [0.2, 0.25) is 11.8 Å². The quantitative estimate of drug-likeness (QED) is 0.458. The van der Waals surface area contributed by atoms with E-state index in [1.54, 1.807) is 46.8 Å². The van der Waals surface area contributed by atoms with Crippen molar-refractivity contribution >= 4 is 23.9 Å². The second-order valence-electron chi connectivity index (χ2n) is 9.60. The number of nitrogens with one attached hydrogen (secondary N) is 2. The van der Waals surface area contributed by atoms with Crippen LogP contribution in [-0.4, -0.2) is 60.1 Å². The molecule has 1 rings (SSSR count). The van der Waals surface area contributed by atoms with E-state index in [9.17, 15) is 19.2 Å². The molecular weight excluding hydrogens is 450 g/mol. The number of benzene rings is 1. The van der Waals surface area contributed by atoms with Gasteiger partial charge in [-0.25, -0.2) is 4.79 Å². The number of aryl methyl sites for hydroxylation is 1. The monoisotopic (exact) mass is 491 g/mol. The number of likely N-dealkylation sites (N-methyl/N-ethyl adjacent to an activating group) is 1. The zero-order valence-electron chi connectivity index (χ0n) is 22.3. The summed E-state index contributed by atoms with van der Waals surface area (Å²) in [6.07, 6.45) is -0.679. The van der Waals surface area contributed by atoms with Crippen LogP contribution in [0.5, 0.6) is 0 Å². The third-order valence-electron chi connectivity index (χ3n) is 5.21. The van der Waals surface area contributed by atoms with E-state index in [-0.39, 0.29) is 32.0 Å².